The minimum Gasteiger partial charge on any atom is -0.504 e. The van der Waals surface area contributed by atoms with Crippen molar-refractivity contribution in [3.05, 3.63) is 18.5 Å². The van der Waals surface area contributed by atoms with Crippen molar-refractivity contribution in [1.82, 2.24) is 9.97 Å². The second-order valence-corrected chi connectivity index (χ2v) is 2.44. The lowest BCUT2D eigenvalue weighted by Crippen LogP contribution is -1.83. The van der Waals surface area contributed by atoms with Crippen LogP contribution in [-0.2, 0) is 0 Å². The molecule has 0 fully saturated rings. The van der Waals surface area contributed by atoms with E-state index in [0.29, 0.717) is 5.75 Å². The van der Waals surface area contributed by atoms with Gasteiger partial charge in [-0.1, -0.05) is 0 Å². The van der Waals surface area contributed by atoms with Crippen molar-refractivity contribution in [3.63, 3.8) is 0 Å². The number of imidazole rings is 1. The van der Waals surface area contributed by atoms with Gasteiger partial charge in [-0.2, -0.15) is 0 Å². The lowest BCUT2D eigenvalue weighted by atomic mass is 10.3. The third-order valence-corrected chi connectivity index (χ3v) is 1.72. The van der Waals surface area contributed by atoms with Gasteiger partial charge in [-0.15, -0.1) is 0 Å². The molecule has 1 heterocycles. The highest BCUT2D eigenvalue weighted by atomic mass is 16.5. The van der Waals surface area contributed by atoms with E-state index < -0.39 is 0 Å². The van der Waals surface area contributed by atoms with E-state index in [0.717, 1.165) is 11.0 Å². The van der Waals surface area contributed by atoms with Crippen LogP contribution >= 0.6 is 0 Å². The van der Waals surface area contributed by atoms with Crippen LogP contribution in [0.4, 0.5) is 0 Å². The van der Waals surface area contributed by atoms with Gasteiger partial charge in [0.05, 0.1) is 24.5 Å². The van der Waals surface area contributed by atoms with Crippen molar-refractivity contribution in [2.45, 2.75) is 0 Å². The minimum absolute atomic E-state index is 0.120. The molecule has 0 saturated carbocycles. The van der Waals surface area contributed by atoms with E-state index in [9.17, 15) is 5.11 Å². The highest BCUT2D eigenvalue weighted by molar-refractivity contribution is 5.78. The van der Waals surface area contributed by atoms with E-state index in [1.807, 2.05) is 0 Å². The van der Waals surface area contributed by atoms with E-state index in [4.69, 9.17) is 4.74 Å². The molecule has 0 aliphatic heterocycles. The molecule has 4 heteroatoms. The molecule has 0 aliphatic carbocycles. The van der Waals surface area contributed by atoms with Crippen LogP contribution in [0, 0.1) is 0 Å². The minimum atomic E-state index is 0.120. The van der Waals surface area contributed by atoms with Crippen molar-refractivity contribution in [1.29, 1.82) is 0 Å². The summed E-state index contributed by atoms with van der Waals surface area (Å²) in [6.07, 6.45) is 1.57. The van der Waals surface area contributed by atoms with Crippen molar-refractivity contribution in [2.24, 2.45) is 0 Å². The van der Waals surface area contributed by atoms with Gasteiger partial charge in [0.25, 0.3) is 0 Å². The Morgan fingerprint density at radius 3 is 3.08 bits per heavy atom. The molecule has 0 radical (unpaired) electrons. The fraction of sp³-hybridized carbons (Fsp3) is 0.125. The summed E-state index contributed by atoms with van der Waals surface area (Å²) >= 11 is 0. The van der Waals surface area contributed by atoms with Crippen molar-refractivity contribution < 1.29 is 9.84 Å². The average Bonchev–Trinajstić information content (AvgIpc) is 2.49. The number of hydrogen-bond donors (Lipinski definition) is 2. The summed E-state index contributed by atoms with van der Waals surface area (Å²) in [7, 11) is 1.51. The van der Waals surface area contributed by atoms with Gasteiger partial charge in [-0.3, -0.25) is 0 Å². The fourth-order valence-corrected chi connectivity index (χ4v) is 1.11. The molecule has 0 saturated heterocycles. The molecule has 2 rings (SSSR count). The zero-order chi connectivity index (χ0) is 8.55. The topological polar surface area (TPSA) is 58.1 Å². The number of ether oxygens (including phenoxy) is 1. The molecule has 2 aromatic rings. The first kappa shape index (κ1) is 6.97. The Balaban J connectivity index is 2.73. The molecule has 0 atom stereocenters. The van der Waals surface area contributed by atoms with Crippen molar-refractivity contribution in [2.75, 3.05) is 7.11 Å². The van der Waals surface area contributed by atoms with Gasteiger partial charge in [0.1, 0.15) is 0 Å². The number of hydrogen-bond acceptors (Lipinski definition) is 3. The van der Waals surface area contributed by atoms with Crippen molar-refractivity contribution in [3.8, 4) is 11.5 Å². The maximum Gasteiger partial charge on any atom is 0.162 e. The molecule has 0 amide bonds. The number of H-pyrrole nitrogens is 1. The number of aromatic amines is 1. The number of methoxy groups -OCH3 is 1. The predicted octanol–water partition coefficient (Wildman–Crippen LogP) is 1.28. The summed E-state index contributed by atoms with van der Waals surface area (Å²) in [6.45, 7) is 0. The van der Waals surface area contributed by atoms with Gasteiger partial charge < -0.3 is 14.8 Å². The van der Waals surface area contributed by atoms with Crippen LogP contribution in [0.5, 0.6) is 11.5 Å². The first-order chi connectivity index (χ1) is 5.81. The number of fused-ring (bicyclic) bond motifs is 1. The normalized spacial score (nSPS) is 10.4. The number of rotatable bonds is 1. The van der Waals surface area contributed by atoms with Crippen LogP contribution in [0.25, 0.3) is 11.0 Å². The molecule has 62 valence electrons. The van der Waals surface area contributed by atoms with Crippen LogP contribution in [0.3, 0.4) is 0 Å². The summed E-state index contributed by atoms with van der Waals surface area (Å²) in [5.74, 6) is 0.559. The number of phenols is 1. The standard InChI is InChI=1S/C8H8N2O2/c1-12-8-3-6-5(2-7(8)11)9-4-10-6/h2-4,11H,1H3,(H,9,10). The SMILES string of the molecule is COc1cc2nc[nH]c2cc1O. The second-order valence-electron chi connectivity index (χ2n) is 2.44. The van der Waals surface area contributed by atoms with E-state index in [1.54, 1.807) is 18.5 Å². The molecule has 4 nitrogen and oxygen atoms in total. The first-order valence-corrected chi connectivity index (χ1v) is 3.51. The number of nitrogens with one attached hydrogen (secondary N) is 1. The molecule has 0 aliphatic rings. The van der Waals surface area contributed by atoms with E-state index in [1.165, 1.54) is 7.11 Å². The third kappa shape index (κ3) is 0.887. The lowest BCUT2D eigenvalue weighted by molar-refractivity contribution is 0.374. The molecule has 12 heavy (non-hydrogen) atoms. The highest BCUT2D eigenvalue weighted by Gasteiger charge is 2.04. The largest absolute Gasteiger partial charge is 0.504 e. The molecular weight excluding hydrogens is 156 g/mol. The Hall–Kier alpha value is -1.71. The van der Waals surface area contributed by atoms with Gasteiger partial charge in [0.15, 0.2) is 11.5 Å². The molecule has 2 N–H and O–H groups in total. The second kappa shape index (κ2) is 2.41. The van der Waals surface area contributed by atoms with Gasteiger partial charge >= 0.3 is 0 Å². The summed E-state index contributed by atoms with van der Waals surface area (Å²) in [6, 6.07) is 3.27. The van der Waals surface area contributed by atoms with Gasteiger partial charge in [-0.05, 0) is 0 Å². The van der Waals surface area contributed by atoms with E-state index >= 15 is 0 Å². The Labute approximate surface area is 68.8 Å². The highest BCUT2D eigenvalue weighted by Crippen LogP contribution is 2.29. The van der Waals surface area contributed by atoms with Gasteiger partial charge in [0.2, 0.25) is 0 Å². The van der Waals surface area contributed by atoms with E-state index in [-0.39, 0.29) is 5.75 Å². The molecule has 0 unspecified atom stereocenters. The number of aromatic hydroxyl groups is 1. The maximum absolute atomic E-state index is 9.35. The number of benzene rings is 1. The third-order valence-electron chi connectivity index (χ3n) is 1.72. The Bertz CT molecular complexity index is 408. The monoisotopic (exact) mass is 164 g/mol. The molecule has 0 spiro atoms. The summed E-state index contributed by atoms with van der Waals surface area (Å²) < 4.78 is 4.92. The quantitative estimate of drug-likeness (QED) is 0.667. The summed E-state index contributed by atoms with van der Waals surface area (Å²) in [5, 5.41) is 9.35. The van der Waals surface area contributed by atoms with Gasteiger partial charge in [0, 0.05) is 12.1 Å². The molecule has 1 aromatic carbocycles. The number of nitrogens with zero attached hydrogens (tertiary/aromatic N) is 1. The Kier molecular flexibility index (Phi) is 1.40. The Morgan fingerprint density at radius 2 is 2.33 bits per heavy atom. The number of phenolic OH excluding ortho intramolecular Hbond substituents is 1. The van der Waals surface area contributed by atoms with Crippen LogP contribution < -0.4 is 4.74 Å². The van der Waals surface area contributed by atoms with E-state index in [2.05, 4.69) is 9.97 Å². The zero-order valence-corrected chi connectivity index (χ0v) is 6.53. The van der Waals surface area contributed by atoms with Crippen LogP contribution in [-0.4, -0.2) is 22.2 Å². The number of aromatic nitrogens is 2. The fourth-order valence-electron chi connectivity index (χ4n) is 1.11. The zero-order valence-electron chi connectivity index (χ0n) is 6.53. The molecule has 1 aromatic heterocycles. The smallest absolute Gasteiger partial charge is 0.162 e. The van der Waals surface area contributed by atoms with Crippen molar-refractivity contribution >= 4 is 11.0 Å². The summed E-state index contributed by atoms with van der Waals surface area (Å²) in [4.78, 5) is 6.91. The maximum atomic E-state index is 9.35. The van der Waals surface area contributed by atoms with Crippen LogP contribution in [0.15, 0.2) is 18.5 Å². The average molecular weight is 164 g/mol. The van der Waals surface area contributed by atoms with Crippen LogP contribution in [0.2, 0.25) is 0 Å². The van der Waals surface area contributed by atoms with Crippen LogP contribution in [0.1, 0.15) is 0 Å². The molecule has 0 bridgehead atoms. The Morgan fingerprint density at radius 1 is 1.50 bits per heavy atom. The predicted molar refractivity (Wildman–Crippen MR) is 44.3 cm³/mol. The molecular formula is C8H8N2O2. The summed E-state index contributed by atoms with van der Waals surface area (Å²) in [5.41, 5.74) is 1.58. The first-order valence-electron chi connectivity index (χ1n) is 3.51. The lowest BCUT2D eigenvalue weighted by Gasteiger charge is -2.01. The van der Waals surface area contributed by atoms with Gasteiger partial charge in [-0.25, -0.2) is 4.98 Å².